The average Bonchev–Trinajstić information content (AvgIpc) is 3.60. The zero-order chi connectivity index (χ0) is 25.5. The minimum absolute atomic E-state index is 0.316. The van der Waals surface area contributed by atoms with Crippen LogP contribution in [0.3, 0.4) is 0 Å². The minimum Gasteiger partial charge on any atom is -0.321 e. The number of hydrogen-bond acceptors (Lipinski definition) is 4. The molecule has 6 rings (SSSR count). The number of fused-ring (bicyclic) bond motifs is 1. The Balaban J connectivity index is 1.59. The maximum Gasteiger partial charge on any atom is 0.283 e. The molecule has 0 fully saturated rings. The van der Waals surface area contributed by atoms with Crippen molar-refractivity contribution < 1.29 is 9.18 Å². The predicted molar refractivity (Wildman–Crippen MR) is 146 cm³/mol. The van der Waals surface area contributed by atoms with Crippen LogP contribution in [0.15, 0.2) is 101 Å². The van der Waals surface area contributed by atoms with Crippen LogP contribution in [-0.2, 0) is 0 Å². The van der Waals surface area contributed by atoms with Crippen molar-refractivity contribution in [2.24, 2.45) is 0 Å². The summed E-state index contributed by atoms with van der Waals surface area (Å²) in [5, 5.41) is 4.45. The van der Waals surface area contributed by atoms with Gasteiger partial charge in [-0.2, -0.15) is 0 Å². The maximum atomic E-state index is 15.0. The van der Waals surface area contributed by atoms with Crippen molar-refractivity contribution >= 4 is 45.4 Å². The molecule has 2 aromatic heterocycles. The Kier molecular flexibility index (Phi) is 5.87. The fourth-order valence-corrected chi connectivity index (χ4v) is 5.51. The van der Waals surface area contributed by atoms with Gasteiger partial charge in [-0.1, -0.05) is 66.2 Å². The molecule has 1 atom stereocenters. The van der Waals surface area contributed by atoms with Crippen molar-refractivity contribution in [1.82, 2.24) is 15.4 Å². The number of benzene rings is 3. The van der Waals surface area contributed by atoms with Gasteiger partial charge in [-0.3, -0.25) is 15.0 Å². The van der Waals surface area contributed by atoms with Gasteiger partial charge in [0, 0.05) is 27.1 Å². The number of hydrazine groups is 1. The number of rotatable bonds is 4. The molecule has 0 spiro atoms. The molecular formula is C29H19ClFN3O2S. The second kappa shape index (κ2) is 9.35. The smallest absolute Gasteiger partial charge is 0.283 e. The molecule has 0 bridgehead atoms. The fraction of sp³-hybridized carbons (Fsp3) is 0.0345. The first-order valence-electron chi connectivity index (χ1n) is 11.5. The SMILES string of the molecule is O=C(c1cccs1)N1NC(c2c(-c3ccccc3)c3cc(Cl)ccc3[nH]c2=O)=C[C@@H]1c1ccccc1F. The van der Waals surface area contributed by atoms with Gasteiger partial charge in [-0.05, 0) is 47.4 Å². The van der Waals surface area contributed by atoms with Crippen LogP contribution >= 0.6 is 22.9 Å². The van der Waals surface area contributed by atoms with Gasteiger partial charge in [0.05, 0.1) is 16.1 Å². The molecule has 0 aliphatic carbocycles. The monoisotopic (exact) mass is 527 g/mol. The Hall–Kier alpha value is -4.20. The molecule has 37 heavy (non-hydrogen) atoms. The van der Waals surface area contributed by atoms with E-state index in [4.69, 9.17) is 11.6 Å². The molecular weight excluding hydrogens is 509 g/mol. The molecule has 0 saturated carbocycles. The van der Waals surface area contributed by atoms with Crippen LogP contribution < -0.4 is 11.0 Å². The number of pyridine rings is 1. The van der Waals surface area contributed by atoms with E-state index in [-0.39, 0.29) is 11.5 Å². The van der Waals surface area contributed by atoms with E-state index in [1.807, 2.05) is 30.3 Å². The summed E-state index contributed by atoms with van der Waals surface area (Å²) in [6, 6.07) is 23.8. The lowest BCUT2D eigenvalue weighted by Gasteiger charge is -2.25. The highest BCUT2D eigenvalue weighted by Gasteiger charge is 2.35. The molecule has 8 heteroatoms. The molecule has 0 unspecified atom stereocenters. The number of aromatic amines is 1. The van der Waals surface area contributed by atoms with Crippen molar-refractivity contribution in [3.8, 4) is 11.1 Å². The number of nitrogens with one attached hydrogen (secondary N) is 2. The van der Waals surface area contributed by atoms with Gasteiger partial charge in [0.2, 0.25) is 0 Å². The zero-order valence-corrected chi connectivity index (χ0v) is 20.8. The van der Waals surface area contributed by atoms with Gasteiger partial charge >= 0.3 is 0 Å². The van der Waals surface area contributed by atoms with Crippen molar-refractivity contribution in [2.75, 3.05) is 0 Å². The third kappa shape index (κ3) is 4.12. The van der Waals surface area contributed by atoms with Gasteiger partial charge in [-0.25, -0.2) is 9.40 Å². The standard InChI is InChI=1S/C29H19ClFN3O2S/c30-18-12-13-22-20(15-18)26(17-7-2-1-3-8-17)27(28(35)32-22)23-16-24(19-9-4-5-10-21(19)31)34(33-23)29(36)25-11-6-14-37-25/h1-16,24,33H,(H,32,35)/t24-/m1/s1. The second-order valence-corrected chi connectivity index (χ2v) is 9.96. The van der Waals surface area contributed by atoms with E-state index in [0.29, 0.717) is 37.8 Å². The van der Waals surface area contributed by atoms with Crippen LogP contribution in [0.25, 0.3) is 27.7 Å². The number of carbonyl (C=O) groups excluding carboxylic acids is 1. The van der Waals surface area contributed by atoms with E-state index in [2.05, 4.69) is 10.4 Å². The topological polar surface area (TPSA) is 65.2 Å². The third-order valence-corrected chi connectivity index (χ3v) is 7.42. The van der Waals surface area contributed by atoms with Gasteiger partial charge in [0.15, 0.2) is 0 Å². The normalized spacial score (nSPS) is 15.0. The van der Waals surface area contributed by atoms with Gasteiger partial charge < -0.3 is 4.98 Å². The summed E-state index contributed by atoms with van der Waals surface area (Å²) in [4.78, 5) is 30.5. The van der Waals surface area contributed by atoms with Crippen LogP contribution in [0.2, 0.25) is 5.02 Å². The maximum absolute atomic E-state index is 15.0. The van der Waals surface area contributed by atoms with Crippen molar-refractivity contribution in [3.05, 3.63) is 134 Å². The highest BCUT2D eigenvalue weighted by atomic mass is 35.5. The number of carbonyl (C=O) groups is 1. The van der Waals surface area contributed by atoms with Gasteiger partial charge in [0.25, 0.3) is 11.5 Å². The molecule has 5 aromatic rings. The van der Waals surface area contributed by atoms with Crippen LogP contribution in [-0.4, -0.2) is 15.9 Å². The second-order valence-electron chi connectivity index (χ2n) is 8.57. The van der Waals surface area contributed by atoms with Crippen LogP contribution in [0.4, 0.5) is 4.39 Å². The number of thiophene rings is 1. The van der Waals surface area contributed by atoms with E-state index in [9.17, 15) is 14.0 Å². The lowest BCUT2D eigenvalue weighted by atomic mass is 9.94. The molecule has 0 radical (unpaired) electrons. The molecule has 3 heterocycles. The van der Waals surface area contributed by atoms with E-state index >= 15 is 0 Å². The molecule has 3 aromatic carbocycles. The number of hydrogen-bond donors (Lipinski definition) is 2. The summed E-state index contributed by atoms with van der Waals surface area (Å²) < 4.78 is 15.0. The minimum atomic E-state index is -0.774. The number of nitrogens with zero attached hydrogens (tertiary/aromatic N) is 1. The Morgan fingerprint density at radius 1 is 0.946 bits per heavy atom. The zero-order valence-electron chi connectivity index (χ0n) is 19.2. The third-order valence-electron chi connectivity index (χ3n) is 6.33. The van der Waals surface area contributed by atoms with Crippen molar-refractivity contribution in [2.45, 2.75) is 6.04 Å². The highest BCUT2D eigenvalue weighted by Crippen LogP contribution is 2.38. The van der Waals surface area contributed by atoms with Crippen LogP contribution in [0.1, 0.15) is 26.8 Å². The molecule has 2 N–H and O–H groups in total. The summed E-state index contributed by atoms with van der Waals surface area (Å²) >= 11 is 7.65. The summed E-state index contributed by atoms with van der Waals surface area (Å²) in [7, 11) is 0. The summed E-state index contributed by atoms with van der Waals surface area (Å²) in [6.07, 6.45) is 1.72. The van der Waals surface area contributed by atoms with Crippen LogP contribution in [0, 0.1) is 5.82 Å². The molecule has 1 amide bonds. The Morgan fingerprint density at radius 2 is 1.73 bits per heavy atom. The average molecular weight is 528 g/mol. The molecule has 182 valence electrons. The molecule has 0 saturated heterocycles. The fourth-order valence-electron chi connectivity index (χ4n) is 4.68. The van der Waals surface area contributed by atoms with Crippen molar-refractivity contribution in [1.29, 1.82) is 0 Å². The molecule has 1 aliphatic heterocycles. The summed E-state index contributed by atoms with van der Waals surface area (Å²) in [6.45, 7) is 0. The van der Waals surface area contributed by atoms with Crippen LogP contribution in [0.5, 0.6) is 0 Å². The van der Waals surface area contributed by atoms with Gasteiger partial charge in [-0.15, -0.1) is 11.3 Å². The Bertz CT molecular complexity index is 1730. The van der Waals surface area contributed by atoms with E-state index in [1.54, 1.807) is 60.0 Å². The van der Waals surface area contributed by atoms with Crippen molar-refractivity contribution in [3.63, 3.8) is 0 Å². The van der Waals surface area contributed by atoms with E-state index in [0.717, 1.165) is 10.9 Å². The van der Waals surface area contributed by atoms with E-state index in [1.165, 1.54) is 22.4 Å². The first-order valence-corrected chi connectivity index (χ1v) is 12.8. The number of halogens is 2. The first kappa shape index (κ1) is 23.2. The van der Waals surface area contributed by atoms with Gasteiger partial charge in [0.1, 0.15) is 11.9 Å². The number of amides is 1. The first-order chi connectivity index (χ1) is 18.0. The molecule has 1 aliphatic rings. The molecule has 5 nitrogen and oxygen atoms in total. The quantitative estimate of drug-likeness (QED) is 0.270. The number of aromatic nitrogens is 1. The summed E-state index contributed by atoms with van der Waals surface area (Å²) in [5.74, 6) is -0.769. The number of H-pyrrole nitrogens is 1. The predicted octanol–water partition coefficient (Wildman–Crippen LogP) is 6.79. The summed E-state index contributed by atoms with van der Waals surface area (Å²) in [5.41, 5.74) is 5.95. The van der Waals surface area contributed by atoms with E-state index < -0.39 is 11.9 Å². The largest absolute Gasteiger partial charge is 0.321 e. The lowest BCUT2D eigenvalue weighted by Crippen LogP contribution is -2.40. The Morgan fingerprint density at radius 3 is 2.49 bits per heavy atom. The Labute approximate surface area is 220 Å². The highest BCUT2D eigenvalue weighted by molar-refractivity contribution is 7.12. The lowest BCUT2D eigenvalue weighted by molar-refractivity contribution is 0.0675.